The molecule has 0 radical (unpaired) electrons. The Morgan fingerprint density at radius 3 is 2.95 bits per heavy atom. The summed E-state index contributed by atoms with van der Waals surface area (Å²) in [4.78, 5) is 4.26. The van der Waals surface area contributed by atoms with Crippen molar-refractivity contribution >= 4 is 0 Å². The summed E-state index contributed by atoms with van der Waals surface area (Å²) < 4.78 is 4.01. The second-order valence-electron chi connectivity index (χ2n) is 5.29. The van der Waals surface area contributed by atoms with E-state index in [1.165, 1.54) is 18.4 Å². The van der Waals surface area contributed by atoms with Crippen LogP contribution in [0.25, 0.3) is 0 Å². The maximum absolute atomic E-state index is 4.26. The fourth-order valence-corrected chi connectivity index (χ4v) is 2.57. The molecule has 1 saturated carbocycles. The molecule has 2 aromatic heterocycles. The van der Waals surface area contributed by atoms with Crippen LogP contribution in [0.4, 0.5) is 0 Å². The third-order valence-electron chi connectivity index (χ3n) is 3.78. The molecule has 1 aliphatic carbocycles. The maximum atomic E-state index is 4.26. The molecule has 2 heterocycles. The van der Waals surface area contributed by atoms with Crippen LogP contribution in [0.1, 0.15) is 37.2 Å². The lowest BCUT2D eigenvalue weighted by molar-refractivity contribution is 0.495. The molecule has 1 fully saturated rings. The van der Waals surface area contributed by atoms with Crippen LogP contribution >= 0.6 is 0 Å². The SMILES string of the molecule is CCNC(c1ccn(Cc2ncnn2C)c1)C1CC1. The van der Waals surface area contributed by atoms with Gasteiger partial charge in [0, 0.05) is 25.5 Å². The van der Waals surface area contributed by atoms with E-state index in [0.29, 0.717) is 6.04 Å². The average molecular weight is 259 g/mol. The Bertz CT molecular complexity index is 538. The van der Waals surface area contributed by atoms with Gasteiger partial charge in [0.25, 0.3) is 0 Å². The number of aromatic nitrogens is 4. The van der Waals surface area contributed by atoms with Gasteiger partial charge < -0.3 is 9.88 Å². The summed E-state index contributed by atoms with van der Waals surface area (Å²) in [6.45, 7) is 3.97. The van der Waals surface area contributed by atoms with Crippen molar-refractivity contribution in [3.8, 4) is 0 Å². The fourth-order valence-electron chi connectivity index (χ4n) is 2.57. The van der Waals surface area contributed by atoms with E-state index in [4.69, 9.17) is 0 Å². The molecular formula is C14H21N5. The lowest BCUT2D eigenvalue weighted by atomic mass is 10.1. The van der Waals surface area contributed by atoms with Crippen LogP contribution in [-0.4, -0.2) is 25.9 Å². The van der Waals surface area contributed by atoms with Gasteiger partial charge in [0.05, 0.1) is 6.54 Å². The summed E-state index contributed by atoms with van der Waals surface area (Å²) >= 11 is 0. The number of hydrogen-bond donors (Lipinski definition) is 1. The first-order valence-electron chi connectivity index (χ1n) is 7.00. The highest BCUT2D eigenvalue weighted by Gasteiger charge is 2.32. The van der Waals surface area contributed by atoms with E-state index in [-0.39, 0.29) is 0 Å². The van der Waals surface area contributed by atoms with E-state index in [2.05, 4.69) is 45.4 Å². The summed E-state index contributed by atoms with van der Waals surface area (Å²) in [6.07, 6.45) is 8.68. The molecule has 1 N–H and O–H groups in total. The molecule has 1 atom stereocenters. The van der Waals surface area contributed by atoms with Crippen LogP contribution in [0.3, 0.4) is 0 Å². The molecule has 3 rings (SSSR count). The maximum Gasteiger partial charge on any atom is 0.146 e. The van der Waals surface area contributed by atoms with Crippen molar-refractivity contribution in [1.29, 1.82) is 0 Å². The molecule has 0 spiro atoms. The van der Waals surface area contributed by atoms with Gasteiger partial charge in [-0.2, -0.15) is 5.10 Å². The number of aryl methyl sites for hydroxylation is 1. The van der Waals surface area contributed by atoms with Gasteiger partial charge in [0.1, 0.15) is 12.2 Å². The van der Waals surface area contributed by atoms with Crippen LogP contribution in [0.2, 0.25) is 0 Å². The molecule has 2 aromatic rings. The zero-order valence-corrected chi connectivity index (χ0v) is 11.6. The van der Waals surface area contributed by atoms with E-state index in [0.717, 1.165) is 24.8 Å². The Hall–Kier alpha value is -1.62. The van der Waals surface area contributed by atoms with Crippen molar-refractivity contribution in [1.82, 2.24) is 24.6 Å². The first-order valence-corrected chi connectivity index (χ1v) is 7.00. The third-order valence-corrected chi connectivity index (χ3v) is 3.78. The predicted molar refractivity (Wildman–Crippen MR) is 73.7 cm³/mol. The van der Waals surface area contributed by atoms with E-state index in [9.17, 15) is 0 Å². The predicted octanol–water partition coefficient (Wildman–Crippen LogP) is 1.73. The first kappa shape index (κ1) is 12.4. The first-order chi connectivity index (χ1) is 9.28. The quantitative estimate of drug-likeness (QED) is 0.859. The molecule has 19 heavy (non-hydrogen) atoms. The lowest BCUT2D eigenvalue weighted by Gasteiger charge is -2.15. The van der Waals surface area contributed by atoms with E-state index in [1.54, 1.807) is 6.33 Å². The molecule has 0 aliphatic heterocycles. The molecule has 0 aromatic carbocycles. The summed E-state index contributed by atoms with van der Waals surface area (Å²) in [5.74, 6) is 1.80. The van der Waals surface area contributed by atoms with Crippen molar-refractivity contribution in [2.75, 3.05) is 6.54 Å². The molecule has 0 bridgehead atoms. The summed E-state index contributed by atoms with van der Waals surface area (Å²) in [5, 5.41) is 7.70. The van der Waals surface area contributed by atoms with Gasteiger partial charge in [-0.05, 0) is 36.9 Å². The molecule has 0 saturated heterocycles. The van der Waals surface area contributed by atoms with Crippen molar-refractivity contribution in [2.45, 2.75) is 32.4 Å². The Morgan fingerprint density at radius 1 is 1.47 bits per heavy atom. The summed E-state index contributed by atoms with van der Waals surface area (Å²) in [5.41, 5.74) is 1.39. The number of hydrogen-bond acceptors (Lipinski definition) is 3. The van der Waals surface area contributed by atoms with Gasteiger partial charge >= 0.3 is 0 Å². The Balaban J connectivity index is 1.73. The van der Waals surface area contributed by atoms with Crippen molar-refractivity contribution in [3.05, 3.63) is 36.2 Å². The molecule has 1 aliphatic rings. The minimum Gasteiger partial charge on any atom is -0.346 e. The lowest BCUT2D eigenvalue weighted by Crippen LogP contribution is -2.22. The summed E-state index contributed by atoms with van der Waals surface area (Å²) in [7, 11) is 1.93. The molecule has 102 valence electrons. The molecular weight excluding hydrogens is 238 g/mol. The summed E-state index contributed by atoms with van der Waals surface area (Å²) in [6, 6.07) is 2.74. The van der Waals surface area contributed by atoms with Crippen LogP contribution in [0.5, 0.6) is 0 Å². The van der Waals surface area contributed by atoms with E-state index in [1.807, 2.05) is 11.7 Å². The van der Waals surface area contributed by atoms with Crippen molar-refractivity contribution in [3.63, 3.8) is 0 Å². The second-order valence-corrected chi connectivity index (χ2v) is 5.29. The Kier molecular flexibility index (Phi) is 3.38. The van der Waals surface area contributed by atoms with Gasteiger partial charge in [-0.15, -0.1) is 0 Å². The van der Waals surface area contributed by atoms with Gasteiger partial charge in [0.15, 0.2) is 0 Å². The second kappa shape index (κ2) is 5.17. The molecule has 5 heteroatoms. The monoisotopic (exact) mass is 259 g/mol. The Labute approximate surface area is 113 Å². The highest BCUT2D eigenvalue weighted by molar-refractivity contribution is 5.18. The highest BCUT2D eigenvalue weighted by Crippen LogP contribution is 2.40. The minimum atomic E-state index is 0.519. The number of nitrogens with zero attached hydrogens (tertiary/aromatic N) is 4. The van der Waals surface area contributed by atoms with E-state index >= 15 is 0 Å². The smallest absolute Gasteiger partial charge is 0.146 e. The largest absolute Gasteiger partial charge is 0.346 e. The molecule has 1 unspecified atom stereocenters. The van der Waals surface area contributed by atoms with Crippen LogP contribution < -0.4 is 5.32 Å². The standard InChI is InChI=1S/C14H21N5/c1-3-15-14(11-4-5-11)12-6-7-19(8-12)9-13-16-10-17-18(13)2/h6-8,10-11,14-15H,3-5,9H2,1-2H3. The highest BCUT2D eigenvalue weighted by atomic mass is 15.3. The van der Waals surface area contributed by atoms with Crippen LogP contribution in [0.15, 0.2) is 24.8 Å². The molecule has 5 nitrogen and oxygen atoms in total. The van der Waals surface area contributed by atoms with Gasteiger partial charge in [-0.3, -0.25) is 4.68 Å². The average Bonchev–Trinajstić information content (AvgIpc) is 3.01. The minimum absolute atomic E-state index is 0.519. The molecule has 0 amide bonds. The van der Waals surface area contributed by atoms with Crippen LogP contribution in [0, 0.1) is 5.92 Å². The van der Waals surface area contributed by atoms with Crippen molar-refractivity contribution in [2.24, 2.45) is 13.0 Å². The topological polar surface area (TPSA) is 47.7 Å². The Morgan fingerprint density at radius 2 is 2.32 bits per heavy atom. The fraction of sp³-hybridized carbons (Fsp3) is 0.571. The van der Waals surface area contributed by atoms with E-state index < -0.39 is 0 Å². The third kappa shape index (κ3) is 2.71. The van der Waals surface area contributed by atoms with Gasteiger partial charge in [-0.1, -0.05) is 6.92 Å². The van der Waals surface area contributed by atoms with Crippen LogP contribution in [-0.2, 0) is 13.6 Å². The zero-order chi connectivity index (χ0) is 13.2. The zero-order valence-electron chi connectivity index (χ0n) is 11.6. The van der Waals surface area contributed by atoms with Crippen molar-refractivity contribution < 1.29 is 0 Å². The normalized spacial score (nSPS) is 16.7. The van der Waals surface area contributed by atoms with Gasteiger partial charge in [0.2, 0.25) is 0 Å². The number of rotatable bonds is 6. The van der Waals surface area contributed by atoms with Gasteiger partial charge in [-0.25, -0.2) is 4.98 Å². The number of nitrogens with one attached hydrogen (secondary N) is 1.